The zero-order valence-corrected chi connectivity index (χ0v) is 13.9. The van der Waals surface area contributed by atoms with Crippen molar-refractivity contribution in [1.29, 1.82) is 0 Å². The van der Waals surface area contributed by atoms with Crippen LogP contribution in [-0.4, -0.2) is 52.8 Å². The Balaban J connectivity index is 1.55. The molecule has 2 aromatic rings. The van der Waals surface area contributed by atoms with Crippen LogP contribution in [0.2, 0.25) is 5.02 Å². The molecule has 0 bridgehead atoms. The van der Waals surface area contributed by atoms with Crippen LogP contribution in [0.25, 0.3) is 0 Å². The number of nitrogens with zero attached hydrogens (tertiary/aromatic N) is 3. The number of hydrogen-bond donors (Lipinski definition) is 0. The molecule has 3 rings (SSSR count). The third-order valence-corrected chi connectivity index (χ3v) is 4.33. The van der Waals surface area contributed by atoms with Gasteiger partial charge in [0.05, 0.1) is 6.42 Å². The number of rotatable bonds is 3. The standard InChI is InChI=1S/C18H18ClN3O2/c19-16-3-1-2-14(12-16)13-17(23)21-8-10-22(11-9-21)18(24)15-4-6-20-7-5-15/h1-7,12H,8-11,13H2. The number of pyridine rings is 1. The van der Waals surface area contributed by atoms with E-state index in [1.807, 2.05) is 18.2 Å². The summed E-state index contributed by atoms with van der Waals surface area (Å²) in [5.74, 6) is 0.0487. The molecule has 1 aromatic heterocycles. The number of carbonyl (C=O) groups excluding carboxylic acids is 2. The van der Waals surface area contributed by atoms with Crippen LogP contribution in [0, 0.1) is 0 Å². The van der Waals surface area contributed by atoms with Gasteiger partial charge in [-0.3, -0.25) is 14.6 Å². The van der Waals surface area contributed by atoms with Crippen LogP contribution in [0.5, 0.6) is 0 Å². The summed E-state index contributed by atoms with van der Waals surface area (Å²) in [4.78, 5) is 32.3. The van der Waals surface area contributed by atoms with E-state index in [-0.39, 0.29) is 11.8 Å². The predicted molar refractivity (Wildman–Crippen MR) is 91.9 cm³/mol. The van der Waals surface area contributed by atoms with Gasteiger partial charge in [0.15, 0.2) is 0 Å². The third kappa shape index (κ3) is 3.92. The van der Waals surface area contributed by atoms with E-state index in [2.05, 4.69) is 4.98 Å². The Kier molecular flexibility index (Phi) is 5.11. The van der Waals surface area contributed by atoms with E-state index in [4.69, 9.17) is 11.6 Å². The minimum atomic E-state index is -0.0145. The first-order chi connectivity index (χ1) is 11.6. The number of piperazine rings is 1. The number of halogens is 1. The number of hydrogen-bond acceptors (Lipinski definition) is 3. The van der Waals surface area contributed by atoms with Crippen LogP contribution < -0.4 is 0 Å². The van der Waals surface area contributed by atoms with Gasteiger partial charge in [0.25, 0.3) is 5.91 Å². The summed E-state index contributed by atoms with van der Waals surface area (Å²) < 4.78 is 0. The van der Waals surface area contributed by atoms with Gasteiger partial charge in [-0.1, -0.05) is 23.7 Å². The summed E-state index contributed by atoms with van der Waals surface area (Å²) in [5, 5.41) is 0.632. The van der Waals surface area contributed by atoms with Crippen molar-refractivity contribution in [3.05, 3.63) is 64.9 Å². The summed E-state index contributed by atoms with van der Waals surface area (Å²) >= 11 is 5.95. The van der Waals surface area contributed by atoms with Crippen molar-refractivity contribution in [3.8, 4) is 0 Å². The van der Waals surface area contributed by atoms with Gasteiger partial charge in [0, 0.05) is 49.2 Å². The van der Waals surface area contributed by atoms with Crippen LogP contribution >= 0.6 is 11.6 Å². The molecule has 0 unspecified atom stereocenters. The van der Waals surface area contributed by atoms with E-state index < -0.39 is 0 Å². The topological polar surface area (TPSA) is 53.5 Å². The minimum Gasteiger partial charge on any atom is -0.339 e. The molecule has 1 aromatic carbocycles. The van der Waals surface area contributed by atoms with E-state index in [0.29, 0.717) is 43.2 Å². The molecule has 6 heteroatoms. The van der Waals surface area contributed by atoms with Gasteiger partial charge in [-0.2, -0.15) is 0 Å². The summed E-state index contributed by atoms with van der Waals surface area (Å²) in [5.41, 5.74) is 1.53. The highest BCUT2D eigenvalue weighted by atomic mass is 35.5. The second kappa shape index (κ2) is 7.45. The van der Waals surface area contributed by atoms with Crippen LogP contribution in [0.3, 0.4) is 0 Å². The summed E-state index contributed by atoms with van der Waals surface area (Å²) in [6, 6.07) is 10.8. The van der Waals surface area contributed by atoms with Crippen molar-refractivity contribution < 1.29 is 9.59 Å². The largest absolute Gasteiger partial charge is 0.339 e. The first kappa shape index (κ1) is 16.5. The molecule has 1 aliphatic heterocycles. The summed E-state index contributed by atoms with van der Waals surface area (Å²) in [7, 11) is 0. The van der Waals surface area contributed by atoms with Crippen LogP contribution in [-0.2, 0) is 11.2 Å². The Labute approximate surface area is 145 Å². The summed E-state index contributed by atoms with van der Waals surface area (Å²) in [6.07, 6.45) is 3.55. The molecular weight excluding hydrogens is 326 g/mol. The highest BCUT2D eigenvalue weighted by Gasteiger charge is 2.24. The number of carbonyl (C=O) groups is 2. The van der Waals surface area contributed by atoms with Crippen molar-refractivity contribution in [2.75, 3.05) is 26.2 Å². The van der Waals surface area contributed by atoms with E-state index in [0.717, 1.165) is 5.56 Å². The Hall–Kier alpha value is -2.40. The molecule has 0 radical (unpaired) electrons. The maximum atomic E-state index is 12.4. The van der Waals surface area contributed by atoms with E-state index in [1.165, 1.54) is 0 Å². The average molecular weight is 344 g/mol. The van der Waals surface area contributed by atoms with Gasteiger partial charge in [0.1, 0.15) is 0 Å². The fourth-order valence-electron chi connectivity index (χ4n) is 2.77. The minimum absolute atomic E-state index is 0.0145. The lowest BCUT2D eigenvalue weighted by molar-refractivity contribution is -0.131. The van der Waals surface area contributed by atoms with Crippen LogP contribution in [0.15, 0.2) is 48.8 Å². The third-order valence-electron chi connectivity index (χ3n) is 4.09. The second-order valence-electron chi connectivity index (χ2n) is 5.72. The Bertz CT molecular complexity index is 728. The van der Waals surface area contributed by atoms with E-state index in [1.54, 1.807) is 40.4 Å². The highest BCUT2D eigenvalue weighted by Crippen LogP contribution is 2.13. The van der Waals surface area contributed by atoms with Gasteiger partial charge in [0.2, 0.25) is 5.91 Å². The molecule has 5 nitrogen and oxygen atoms in total. The lowest BCUT2D eigenvalue weighted by Crippen LogP contribution is -2.51. The maximum Gasteiger partial charge on any atom is 0.254 e. The molecule has 24 heavy (non-hydrogen) atoms. The Morgan fingerprint density at radius 3 is 2.33 bits per heavy atom. The smallest absolute Gasteiger partial charge is 0.254 e. The van der Waals surface area contributed by atoms with Crippen molar-refractivity contribution in [2.24, 2.45) is 0 Å². The van der Waals surface area contributed by atoms with Gasteiger partial charge in [-0.15, -0.1) is 0 Å². The van der Waals surface area contributed by atoms with Gasteiger partial charge < -0.3 is 9.80 Å². The molecule has 0 atom stereocenters. The normalized spacial score (nSPS) is 14.5. The van der Waals surface area contributed by atoms with Gasteiger partial charge >= 0.3 is 0 Å². The molecule has 0 spiro atoms. The molecule has 1 aliphatic rings. The predicted octanol–water partition coefficient (Wildman–Crippen LogP) is 2.26. The number of aromatic nitrogens is 1. The zero-order valence-electron chi connectivity index (χ0n) is 13.2. The quantitative estimate of drug-likeness (QED) is 0.859. The number of amides is 2. The van der Waals surface area contributed by atoms with Crippen LogP contribution in [0.1, 0.15) is 15.9 Å². The lowest BCUT2D eigenvalue weighted by Gasteiger charge is -2.35. The van der Waals surface area contributed by atoms with Crippen LogP contribution in [0.4, 0.5) is 0 Å². The molecule has 0 saturated carbocycles. The molecule has 1 saturated heterocycles. The molecule has 0 N–H and O–H groups in total. The Morgan fingerprint density at radius 2 is 1.67 bits per heavy atom. The van der Waals surface area contributed by atoms with Crippen molar-refractivity contribution in [2.45, 2.75) is 6.42 Å². The van der Waals surface area contributed by atoms with Crippen molar-refractivity contribution in [1.82, 2.24) is 14.8 Å². The highest BCUT2D eigenvalue weighted by molar-refractivity contribution is 6.30. The Morgan fingerprint density at radius 1 is 1.00 bits per heavy atom. The molecular formula is C18H18ClN3O2. The lowest BCUT2D eigenvalue weighted by atomic mass is 10.1. The fraction of sp³-hybridized carbons (Fsp3) is 0.278. The first-order valence-corrected chi connectivity index (χ1v) is 8.23. The molecule has 124 valence electrons. The molecule has 2 amide bonds. The van der Waals surface area contributed by atoms with E-state index >= 15 is 0 Å². The number of benzene rings is 1. The molecule has 2 heterocycles. The zero-order chi connectivity index (χ0) is 16.9. The summed E-state index contributed by atoms with van der Waals surface area (Å²) in [6.45, 7) is 2.19. The van der Waals surface area contributed by atoms with Crippen molar-refractivity contribution in [3.63, 3.8) is 0 Å². The fourth-order valence-corrected chi connectivity index (χ4v) is 2.98. The van der Waals surface area contributed by atoms with Gasteiger partial charge in [-0.05, 0) is 29.8 Å². The van der Waals surface area contributed by atoms with E-state index in [9.17, 15) is 9.59 Å². The first-order valence-electron chi connectivity index (χ1n) is 7.85. The molecule has 1 fully saturated rings. The second-order valence-corrected chi connectivity index (χ2v) is 6.15. The SMILES string of the molecule is O=C(Cc1cccc(Cl)c1)N1CCN(C(=O)c2ccncc2)CC1. The van der Waals surface area contributed by atoms with Gasteiger partial charge in [-0.25, -0.2) is 0 Å². The van der Waals surface area contributed by atoms with Crippen molar-refractivity contribution >= 4 is 23.4 Å². The maximum absolute atomic E-state index is 12.4. The average Bonchev–Trinajstić information content (AvgIpc) is 2.62. The monoisotopic (exact) mass is 343 g/mol. The molecule has 0 aliphatic carbocycles.